The summed E-state index contributed by atoms with van der Waals surface area (Å²) in [5.41, 5.74) is 1.92. The van der Waals surface area contributed by atoms with Crippen LogP contribution in [0.4, 0.5) is 0 Å². The van der Waals surface area contributed by atoms with Gasteiger partial charge in [0.1, 0.15) is 6.61 Å². The number of fused-ring (bicyclic) bond motifs is 1. The minimum absolute atomic E-state index is 0.0553. The highest BCUT2D eigenvalue weighted by molar-refractivity contribution is 5.71. The van der Waals surface area contributed by atoms with E-state index in [2.05, 4.69) is 26.8 Å². The van der Waals surface area contributed by atoms with E-state index in [0.717, 1.165) is 24.8 Å². The molecule has 0 amide bonds. The van der Waals surface area contributed by atoms with Gasteiger partial charge in [-0.25, -0.2) is 0 Å². The number of ether oxygens (including phenoxy) is 1. The third kappa shape index (κ3) is 4.45. The molecule has 27 heavy (non-hydrogen) atoms. The molecule has 2 aliphatic rings. The fraction of sp³-hybridized carbons (Fsp3) is 0.727. The molecule has 1 fully saturated rings. The van der Waals surface area contributed by atoms with Gasteiger partial charge in [0, 0.05) is 6.92 Å². The second kappa shape index (κ2) is 8.59. The maximum absolute atomic E-state index is 12.1. The molecule has 5 heteroatoms. The van der Waals surface area contributed by atoms with Crippen LogP contribution < -0.4 is 0 Å². The molecule has 0 heterocycles. The lowest BCUT2D eigenvalue weighted by Gasteiger charge is -2.57. The predicted molar refractivity (Wildman–Crippen MR) is 104 cm³/mol. The molecule has 0 aromatic rings. The van der Waals surface area contributed by atoms with E-state index in [1.807, 2.05) is 0 Å². The van der Waals surface area contributed by atoms with Gasteiger partial charge in [0.25, 0.3) is 0 Å². The second-order valence-electron chi connectivity index (χ2n) is 8.69. The fourth-order valence-electron chi connectivity index (χ4n) is 5.45. The Morgan fingerprint density at radius 1 is 1.33 bits per heavy atom. The SMILES string of the molecule is CC(=O)OC/C=C(\CO)CC[C@@]1(C)[C@H]2CCC=C(C)[C@]2(C)CC[C@H]1C(=O)O. The molecule has 0 aromatic heterocycles. The third-order valence-electron chi connectivity index (χ3n) is 7.26. The van der Waals surface area contributed by atoms with Crippen molar-refractivity contribution in [2.24, 2.45) is 22.7 Å². The molecule has 5 nitrogen and oxygen atoms in total. The summed E-state index contributed by atoms with van der Waals surface area (Å²) in [4.78, 5) is 23.0. The molecule has 1 saturated carbocycles. The summed E-state index contributed by atoms with van der Waals surface area (Å²) in [6.07, 6.45) is 9.02. The highest BCUT2D eigenvalue weighted by atomic mass is 16.5. The minimum Gasteiger partial charge on any atom is -0.481 e. The largest absolute Gasteiger partial charge is 0.481 e. The van der Waals surface area contributed by atoms with Crippen molar-refractivity contribution in [3.05, 3.63) is 23.3 Å². The highest BCUT2D eigenvalue weighted by Crippen LogP contribution is 2.62. The molecule has 2 aliphatic carbocycles. The van der Waals surface area contributed by atoms with Crippen LogP contribution in [0.1, 0.15) is 66.2 Å². The number of rotatable bonds is 7. The summed E-state index contributed by atoms with van der Waals surface area (Å²) < 4.78 is 4.94. The van der Waals surface area contributed by atoms with Crippen molar-refractivity contribution in [1.29, 1.82) is 0 Å². The van der Waals surface area contributed by atoms with Crippen LogP contribution in [-0.2, 0) is 14.3 Å². The van der Waals surface area contributed by atoms with Crippen LogP contribution in [0.25, 0.3) is 0 Å². The van der Waals surface area contributed by atoms with Gasteiger partial charge in [-0.1, -0.05) is 25.5 Å². The number of carboxylic acids is 1. The minimum atomic E-state index is -0.707. The number of hydrogen-bond donors (Lipinski definition) is 2. The summed E-state index contributed by atoms with van der Waals surface area (Å²) in [6, 6.07) is 0. The number of allylic oxidation sites excluding steroid dienone is 2. The maximum Gasteiger partial charge on any atom is 0.307 e. The van der Waals surface area contributed by atoms with Crippen molar-refractivity contribution < 1.29 is 24.5 Å². The second-order valence-corrected chi connectivity index (χ2v) is 8.69. The number of aliphatic hydroxyl groups is 1. The molecule has 0 unspecified atom stereocenters. The van der Waals surface area contributed by atoms with E-state index in [1.165, 1.54) is 12.5 Å². The van der Waals surface area contributed by atoms with E-state index >= 15 is 0 Å². The Morgan fingerprint density at radius 2 is 2.04 bits per heavy atom. The van der Waals surface area contributed by atoms with Gasteiger partial charge in [0.15, 0.2) is 0 Å². The molecule has 0 radical (unpaired) electrons. The summed E-state index contributed by atoms with van der Waals surface area (Å²) in [6.45, 7) is 8.01. The molecule has 0 bridgehead atoms. The van der Waals surface area contributed by atoms with E-state index in [-0.39, 0.29) is 35.9 Å². The Balaban J connectivity index is 2.24. The van der Waals surface area contributed by atoms with Gasteiger partial charge in [-0.15, -0.1) is 0 Å². The Hall–Kier alpha value is -1.62. The van der Waals surface area contributed by atoms with Gasteiger partial charge in [-0.2, -0.15) is 0 Å². The standard InChI is InChI=1S/C22H34O5/c1-15-6-5-7-19-21(15,3)12-9-18(20(25)26)22(19,4)11-8-17(14-23)10-13-27-16(2)24/h6,10,18-19,23H,5,7-9,11-14H2,1-4H3,(H,25,26)/b17-10-/t18-,19-,21-,22+/m0/s1. The molecule has 0 saturated heterocycles. The smallest absolute Gasteiger partial charge is 0.307 e. The Morgan fingerprint density at radius 3 is 2.63 bits per heavy atom. The Kier molecular flexibility index (Phi) is 6.90. The zero-order valence-corrected chi connectivity index (χ0v) is 17.1. The number of esters is 1. The number of carbonyl (C=O) groups excluding carboxylic acids is 1. The monoisotopic (exact) mass is 378 g/mol. The van der Waals surface area contributed by atoms with Crippen LogP contribution in [-0.4, -0.2) is 35.4 Å². The van der Waals surface area contributed by atoms with Gasteiger partial charge in [0.2, 0.25) is 0 Å². The summed E-state index contributed by atoms with van der Waals surface area (Å²) in [5, 5.41) is 19.6. The molecule has 2 rings (SSSR count). The van der Waals surface area contributed by atoms with E-state index < -0.39 is 5.97 Å². The first-order valence-corrected chi connectivity index (χ1v) is 9.97. The van der Waals surface area contributed by atoms with Gasteiger partial charge < -0.3 is 14.9 Å². The highest BCUT2D eigenvalue weighted by Gasteiger charge is 2.56. The summed E-state index contributed by atoms with van der Waals surface area (Å²) in [5.74, 6) is -1.11. The van der Waals surface area contributed by atoms with Crippen LogP contribution in [0.3, 0.4) is 0 Å². The van der Waals surface area contributed by atoms with Crippen LogP contribution in [0.5, 0.6) is 0 Å². The van der Waals surface area contributed by atoms with Gasteiger partial charge >= 0.3 is 11.9 Å². The molecule has 2 N–H and O–H groups in total. The van der Waals surface area contributed by atoms with Gasteiger partial charge in [-0.05, 0) is 73.8 Å². The van der Waals surface area contributed by atoms with E-state index in [4.69, 9.17) is 4.74 Å². The number of carbonyl (C=O) groups is 2. The fourth-order valence-corrected chi connectivity index (χ4v) is 5.45. The van der Waals surface area contributed by atoms with Crippen LogP contribution in [0.15, 0.2) is 23.3 Å². The molecule has 4 atom stereocenters. The predicted octanol–water partition coefficient (Wildman–Crippen LogP) is 4.11. The zero-order valence-electron chi connectivity index (χ0n) is 17.1. The lowest BCUT2D eigenvalue weighted by Crippen LogP contribution is -2.52. The summed E-state index contributed by atoms with van der Waals surface area (Å²) in [7, 11) is 0. The molecule has 0 aromatic carbocycles. The first-order valence-electron chi connectivity index (χ1n) is 9.97. The third-order valence-corrected chi connectivity index (χ3v) is 7.26. The van der Waals surface area contributed by atoms with Crippen molar-refractivity contribution in [3.8, 4) is 0 Å². The number of aliphatic hydroxyl groups excluding tert-OH is 1. The number of aliphatic carboxylic acids is 1. The quantitative estimate of drug-likeness (QED) is 0.514. The van der Waals surface area contributed by atoms with Crippen molar-refractivity contribution in [1.82, 2.24) is 0 Å². The Labute approximate surface area is 162 Å². The average molecular weight is 379 g/mol. The van der Waals surface area contributed by atoms with E-state index in [0.29, 0.717) is 25.2 Å². The Bertz CT molecular complexity index is 635. The van der Waals surface area contributed by atoms with E-state index in [9.17, 15) is 19.8 Å². The molecular weight excluding hydrogens is 344 g/mol. The molecule has 0 spiro atoms. The van der Waals surface area contributed by atoms with E-state index in [1.54, 1.807) is 6.08 Å². The van der Waals surface area contributed by atoms with Gasteiger partial charge in [0.05, 0.1) is 12.5 Å². The van der Waals surface area contributed by atoms with Crippen molar-refractivity contribution >= 4 is 11.9 Å². The topological polar surface area (TPSA) is 83.8 Å². The molecule has 152 valence electrons. The lowest BCUT2D eigenvalue weighted by molar-refractivity contribution is -0.156. The van der Waals surface area contributed by atoms with Crippen LogP contribution in [0, 0.1) is 22.7 Å². The lowest BCUT2D eigenvalue weighted by atomic mass is 9.46. The number of hydrogen-bond acceptors (Lipinski definition) is 4. The van der Waals surface area contributed by atoms with Crippen LogP contribution in [0.2, 0.25) is 0 Å². The molecule has 0 aliphatic heterocycles. The van der Waals surface area contributed by atoms with Crippen LogP contribution >= 0.6 is 0 Å². The average Bonchev–Trinajstić information content (AvgIpc) is 2.59. The maximum atomic E-state index is 12.1. The first kappa shape index (κ1) is 21.7. The number of carboxylic acid groups (broad SMARTS) is 1. The van der Waals surface area contributed by atoms with Crippen molar-refractivity contribution in [2.75, 3.05) is 13.2 Å². The normalized spacial score (nSPS) is 33.8. The van der Waals surface area contributed by atoms with Crippen molar-refractivity contribution in [2.45, 2.75) is 66.2 Å². The molecular formula is C22H34O5. The van der Waals surface area contributed by atoms with Crippen molar-refractivity contribution in [3.63, 3.8) is 0 Å². The first-order chi connectivity index (χ1) is 12.6. The van der Waals surface area contributed by atoms with Gasteiger partial charge in [-0.3, -0.25) is 9.59 Å². The summed E-state index contributed by atoms with van der Waals surface area (Å²) >= 11 is 0. The zero-order chi connectivity index (χ0) is 20.2.